The van der Waals surface area contributed by atoms with Crippen LogP contribution in [0.25, 0.3) is 0 Å². The van der Waals surface area contributed by atoms with Gasteiger partial charge in [-0.2, -0.15) is 10.1 Å². The Morgan fingerprint density at radius 2 is 1.76 bits per heavy atom. The van der Waals surface area contributed by atoms with Gasteiger partial charge in [-0.3, -0.25) is 14.4 Å². The number of imide groups is 1. The average molecular weight is 463 g/mol. The second kappa shape index (κ2) is 8.74. The van der Waals surface area contributed by atoms with Gasteiger partial charge in [-0.05, 0) is 66.3 Å². The van der Waals surface area contributed by atoms with Crippen LogP contribution in [-0.2, 0) is 14.4 Å². The van der Waals surface area contributed by atoms with E-state index in [0.29, 0.717) is 22.7 Å². The quantitative estimate of drug-likeness (QED) is 0.387. The highest BCUT2D eigenvalue weighted by molar-refractivity contribution is 6.06. The van der Waals surface area contributed by atoms with Crippen LogP contribution in [0.2, 0.25) is 0 Å². The number of carbonyl (C=O) groups excluding carboxylic acids is 3. The Kier molecular flexibility index (Phi) is 5.61. The summed E-state index contributed by atoms with van der Waals surface area (Å²) < 4.78 is 23.9. The number of ether oxygens (including phenoxy) is 2. The number of anilines is 1. The molecule has 34 heavy (non-hydrogen) atoms. The van der Waals surface area contributed by atoms with Crippen molar-refractivity contribution in [2.45, 2.75) is 6.42 Å². The number of halogens is 1. The highest BCUT2D eigenvalue weighted by atomic mass is 19.1. The first kappa shape index (κ1) is 21.8. The Balaban J connectivity index is 1.22. The Labute approximate surface area is 195 Å². The van der Waals surface area contributed by atoms with Gasteiger partial charge in [-0.1, -0.05) is 12.2 Å². The molecule has 0 aromatic heterocycles. The molecule has 2 bridgehead atoms. The molecule has 2 fully saturated rings. The first-order valence-corrected chi connectivity index (χ1v) is 10.9. The summed E-state index contributed by atoms with van der Waals surface area (Å²) in [5.41, 5.74) is 1.05. The fourth-order valence-electron chi connectivity index (χ4n) is 4.88. The minimum atomic E-state index is -0.417. The van der Waals surface area contributed by atoms with Crippen LogP contribution >= 0.6 is 0 Å². The van der Waals surface area contributed by atoms with Crippen molar-refractivity contribution >= 4 is 29.6 Å². The number of fused-ring (bicyclic) bond motifs is 5. The number of hydrogen-bond acceptors (Lipinski definition) is 6. The van der Waals surface area contributed by atoms with Crippen LogP contribution in [0.3, 0.4) is 0 Å². The lowest BCUT2D eigenvalue weighted by Crippen LogP contribution is -2.28. The zero-order valence-electron chi connectivity index (χ0n) is 18.3. The zero-order valence-corrected chi connectivity index (χ0v) is 18.3. The average Bonchev–Trinajstić information content (AvgIpc) is 3.52. The number of carbonyl (C=O) groups is 3. The maximum absolute atomic E-state index is 13.0. The first-order chi connectivity index (χ1) is 16.4. The van der Waals surface area contributed by atoms with E-state index < -0.39 is 11.7 Å². The van der Waals surface area contributed by atoms with Gasteiger partial charge in [-0.15, -0.1) is 0 Å². The number of allylic oxidation sites excluding steroid dienone is 2. The van der Waals surface area contributed by atoms with Crippen LogP contribution in [0.4, 0.5) is 10.1 Å². The van der Waals surface area contributed by atoms with Crippen molar-refractivity contribution < 1.29 is 28.2 Å². The zero-order chi connectivity index (χ0) is 23.8. The molecule has 3 amide bonds. The van der Waals surface area contributed by atoms with E-state index in [1.807, 2.05) is 12.2 Å². The molecule has 0 spiro atoms. The van der Waals surface area contributed by atoms with Crippen molar-refractivity contribution in [3.63, 3.8) is 0 Å². The van der Waals surface area contributed by atoms with Gasteiger partial charge < -0.3 is 14.8 Å². The highest BCUT2D eigenvalue weighted by Crippen LogP contribution is 2.52. The van der Waals surface area contributed by atoms with E-state index in [1.54, 1.807) is 18.2 Å². The van der Waals surface area contributed by atoms with Crippen molar-refractivity contribution in [1.29, 1.82) is 0 Å². The highest BCUT2D eigenvalue weighted by Gasteiger charge is 2.59. The minimum Gasteiger partial charge on any atom is -0.493 e. The third-order valence-electron chi connectivity index (χ3n) is 6.44. The summed E-state index contributed by atoms with van der Waals surface area (Å²) in [5, 5.41) is 7.75. The lowest BCUT2D eigenvalue weighted by Gasteiger charge is -2.13. The fourth-order valence-corrected chi connectivity index (χ4v) is 4.88. The molecule has 5 rings (SSSR count). The predicted octanol–water partition coefficient (Wildman–Crippen LogP) is 2.99. The van der Waals surface area contributed by atoms with Crippen LogP contribution in [-0.4, -0.2) is 42.7 Å². The van der Waals surface area contributed by atoms with E-state index in [0.717, 1.165) is 11.4 Å². The molecule has 4 atom stereocenters. The molecular weight excluding hydrogens is 441 g/mol. The summed E-state index contributed by atoms with van der Waals surface area (Å²) >= 11 is 0. The van der Waals surface area contributed by atoms with E-state index in [-0.39, 0.29) is 42.1 Å². The molecule has 3 aliphatic rings. The lowest BCUT2D eigenvalue weighted by molar-refractivity contribution is -0.140. The first-order valence-electron chi connectivity index (χ1n) is 10.9. The van der Waals surface area contributed by atoms with Crippen molar-refractivity contribution in [2.24, 2.45) is 28.8 Å². The fraction of sp³-hybridized carbons (Fsp3) is 0.280. The largest absolute Gasteiger partial charge is 0.493 e. The molecule has 0 unspecified atom stereocenters. The number of hydrazone groups is 1. The molecule has 1 saturated carbocycles. The number of rotatable bonds is 7. The maximum atomic E-state index is 13.0. The molecule has 2 aliphatic carbocycles. The van der Waals surface area contributed by atoms with Gasteiger partial charge in [-0.25, -0.2) is 4.39 Å². The third kappa shape index (κ3) is 3.93. The van der Waals surface area contributed by atoms with Crippen LogP contribution in [0, 0.1) is 29.5 Å². The lowest BCUT2D eigenvalue weighted by atomic mass is 9.85. The van der Waals surface area contributed by atoms with Crippen molar-refractivity contribution in [3.05, 3.63) is 66.0 Å². The normalized spacial score (nSPS) is 24.7. The van der Waals surface area contributed by atoms with E-state index >= 15 is 0 Å². The van der Waals surface area contributed by atoms with Crippen LogP contribution in [0.1, 0.15) is 12.0 Å². The van der Waals surface area contributed by atoms with Gasteiger partial charge in [0.15, 0.2) is 18.1 Å². The third-order valence-corrected chi connectivity index (χ3v) is 6.44. The Bertz CT molecular complexity index is 1180. The SMILES string of the molecule is COc1cc(C=NN2C(=O)[C@@H]3[C@H](C2=O)[C@H]2C=C[C@H]3C2)ccc1OCC(=O)Nc1ccc(F)cc1. The number of amides is 3. The summed E-state index contributed by atoms with van der Waals surface area (Å²) in [5.74, 6) is -0.961. The number of methoxy groups -OCH3 is 1. The molecular formula is C25H22FN3O5. The summed E-state index contributed by atoms with van der Waals surface area (Å²) in [4.78, 5) is 37.6. The summed E-state index contributed by atoms with van der Waals surface area (Å²) in [6.07, 6.45) is 6.37. The molecule has 1 heterocycles. The number of hydrogen-bond donors (Lipinski definition) is 1. The molecule has 2 aromatic rings. The van der Waals surface area contributed by atoms with E-state index in [4.69, 9.17) is 9.47 Å². The predicted molar refractivity (Wildman–Crippen MR) is 121 cm³/mol. The van der Waals surface area contributed by atoms with E-state index in [9.17, 15) is 18.8 Å². The Morgan fingerprint density at radius 3 is 2.41 bits per heavy atom. The van der Waals surface area contributed by atoms with Gasteiger partial charge in [0.25, 0.3) is 17.7 Å². The molecule has 2 aromatic carbocycles. The molecule has 8 nitrogen and oxygen atoms in total. The molecule has 1 aliphatic heterocycles. The number of benzene rings is 2. The molecule has 174 valence electrons. The summed E-state index contributed by atoms with van der Waals surface area (Å²) in [7, 11) is 1.46. The monoisotopic (exact) mass is 463 g/mol. The number of nitrogens with zero attached hydrogens (tertiary/aromatic N) is 2. The second-order valence-corrected chi connectivity index (χ2v) is 8.49. The van der Waals surface area contributed by atoms with Gasteiger partial charge in [0, 0.05) is 5.69 Å². The van der Waals surface area contributed by atoms with Crippen LogP contribution in [0.15, 0.2) is 59.7 Å². The summed E-state index contributed by atoms with van der Waals surface area (Å²) in [6, 6.07) is 10.3. The topological polar surface area (TPSA) is 97.3 Å². The van der Waals surface area contributed by atoms with Crippen molar-refractivity contribution in [2.75, 3.05) is 19.0 Å². The van der Waals surface area contributed by atoms with Gasteiger partial charge in [0.1, 0.15) is 5.82 Å². The molecule has 9 heteroatoms. The van der Waals surface area contributed by atoms with Crippen LogP contribution < -0.4 is 14.8 Å². The van der Waals surface area contributed by atoms with Crippen molar-refractivity contribution in [1.82, 2.24) is 5.01 Å². The number of nitrogens with one attached hydrogen (secondary N) is 1. The van der Waals surface area contributed by atoms with Crippen LogP contribution in [0.5, 0.6) is 11.5 Å². The van der Waals surface area contributed by atoms with E-state index in [1.165, 1.54) is 37.6 Å². The minimum absolute atomic E-state index is 0.128. The van der Waals surface area contributed by atoms with Crippen molar-refractivity contribution in [3.8, 4) is 11.5 Å². The van der Waals surface area contributed by atoms with Gasteiger partial charge in [0.2, 0.25) is 0 Å². The Morgan fingerprint density at radius 1 is 1.09 bits per heavy atom. The van der Waals surface area contributed by atoms with E-state index in [2.05, 4.69) is 10.4 Å². The maximum Gasteiger partial charge on any atom is 0.262 e. The second-order valence-electron chi connectivity index (χ2n) is 8.49. The molecule has 1 saturated heterocycles. The smallest absolute Gasteiger partial charge is 0.262 e. The molecule has 0 radical (unpaired) electrons. The molecule has 1 N–H and O–H groups in total. The summed E-state index contributed by atoms with van der Waals surface area (Å²) in [6.45, 7) is -0.281. The van der Waals surface area contributed by atoms with Gasteiger partial charge in [0.05, 0.1) is 25.2 Å². The Hall–Kier alpha value is -4.01. The standard InChI is InChI=1S/C25H22FN3O5/c1-33-20-10-14(2-9-19(20)34-13-21(30)28-18-7-5-17(26)6-8-18)12-27-29-24(31)22-15-3-4-16(11-15)23(22)25(29)32/h2-10,12,15-16,22-23H,11,13H2,1H3,(H,28,30)/t15-,16-,22-,23+/m0/s1. The van der Waals surface area contributed by atoms with Gasteiger partial charge >= 0.3 is 0 Å².